The first-order valence-corrected chi connectivity index (χ1v) is 9.88. The molecule has 2 aromatic carbocycles. The fourth-order valence-corrected chi connectivity index (χ4v) is 3.68. The summed E-state index contributed by atoms with van der Waals surface area (Å²) >= 11 is 1.23. The molecule has 0 saturated heterocycles. The summed E-state index contributed by atoms with van der Waals surface area (Å²) in [5.74, 6) is -0.343. The number of benzene rings is 2. The minimum absolute atomic E-state index is 0.0233. The number of nitro benzene ring substituents is 1. The molecule has 0 radical (unpaired) electrons. The Hall–Kier alpha value is -3.79. The van der Waals surface area contributed by atoms with Crippen LogP contribution in [0.1, 0.15) is 12.5 Å². The lowest BCUT2D eigenvalue weighted by atomic mass is 10.1. The molecular weight excluding hydrogens is 404 g/mol. The topological polar surface area (TPSA) is 113 Å². The number of aromatic nitrogens is 1. The Balaban J connectivity index is 1.56. The van der Waals surface area contributed by atoms with Gasteiger partial charge in [0.25, 0.3) is 11.6 Å². The summed E-state index contributed by atoms with van der Waals surface area (Å²) < 4.78 is 0. The average Bonchev–Trinajstić information content (AvgIpc) is 3.33. The van der Waals surface area contributed by atoms with Crippen molar-refractivity contribution >= 4 is 39.5 Å². The Morgan fingerprint density at radius 1 is 1.17 bits per heavy atom. The number of non-ortho nitro benzene ring substituents is 1. The number of thiazole rings is 1. The van der Waals surface area contributed by atoms with Crippen LogP contribution in [0.25, 0.3) is 11.3 Å². The molecule has 2 heterocycles. The third-order valence-electron chi connectivity index (χ3n) is 4.52. The zero-order valence-electron chi connectivity index (χ0n) is 16.1. The van der Waals surface area contributed by atoms with Gasteiger partial charge >= 0.3 is 0 Å². The number of carbonyl (C=O) groups is 1. The average molecular weight is 420 g/mol. The van der Waals surface area contributed by atoms with Crippen molar-refractivity contribution in [1.29, 1.82) is 0 Å². The van der Waals surface area contributed by atoms with Crippen LogP contribution in [-0.2, 0) is 4.79 Å². The summed E-state index contributed by atoms with van der Waals surface area (Å²) in [4.78, 5) is 27.8. The van der Waals surface area contributed by atoms with Crippen molar-refractivity contribution in [1.82, 2.24) is 4.98 Å². The lowest BCUT2D eigenvalue weighted by Crippen LogP contribution is -2.29. The lowest BCUT2D eigenvalue weighted by molar-refractivity contribution is -0.384. The molecule has 150 valence electrons. The van der Waals surface area contributed by atoms with Crippen LogP contribution in [0.5, 0.6) is 0 Å². The molecule has 9 nitrogen and oxygen atoms in total. The standard InChI is InChI=1S/C20H16N6O3S/c1-12-6-3-4-9-16(12)22-23-18-13(2)24-25(19(18)27)20-21-17(11-30-20)14-7-5-8-15(10-14)26(28)29/h3-11,18H,1-2H3. The monoisotopic (exact) mass is 420 g/mol. The molecule has 1 aliphatic rings. The van der Waals surface area contributed by atoms with Crippen LogP contribution >= 0.6 is 11.3 Å². The smallest absolute Gasteiger partial charge is 0.269 e. The van der Waals surface area contributed by atoms with Crippen LogP contribution < -0.4 is 5.01 Å². The van der Waals surface area contributed by atoms with E-state index in [4.69, 9.17) is 0 Å². The number of nitrogens with zero attached hydrogens (tertiary/aromatic N) is 6. The van der Waals surface area contributed by atoms with Gasteiger partial charge in [-0.15, -0.1) is 11.3 Å². The second-order valence-electron chi connectivity index (χ2n) is 6.62. The molecule has 0 aliphatic carbocycles. The first-order chi connectivity index (χ1) is 14.4. The maximum atomic E-state index is 12.8. The van der Waals surface area contributed by atoms with Gasteiger partial charge in [-0.2, -0.15) is 20.3 Å². The van der Waals surface area contributed by atoms with E-state index in [-0.39, 0.29) is 11.6 Å². The summed E-state index contributed by atoms with van der Waals surface area (Å²) in [5.41, 5.74) is 3.27. The highest BCUT2D eigenvalue weighted by atomic mass is 32.1. The molecule has 10 heteroatoms. The maximum Gasteiger partial charge on any atom is 0.282 e. The molecule has 0 fully saturated rings. The van der Waals surface area contributed by atoms with Crippen molar-refractivity contribution in [3.05, 3.63) is 69.6 Å². The number of anilines is 1. The molecule has 0 saturated carbocycles. The van der Waals surface area contributed by atoms with Crippen LogP contribution in [0.15, 0.2) is 69.2 Å². The highest BCUT2D eigenvalue weighted by molar-refractivity contribution is 7.14. The van der Waals surface area contributed by atoms with E-state index in [1.807, 2.05) is 31.2 Å². The number of hydrazone groups is 1. The summed E-state index contributed by atoms with van der Waals surface area (Å²) in [6, 6.07) is 12.9. The predicted molar refractivity (Wildman–Crippen MR) is 114 cm³/mol. The number of rotatable bonds is 5. The second kappa shape index (κ2) is 7.91. The molecule has 4 rings (SSSR count). The molecular formula is C20H16N6O3S. The van der Waals surface area contributed by atoms with E-state index in [2.05, 4.69) is 20.3 Å². The van der Waals surface area contributed by atoms with Crippen molar-refractivity contribution in [3.63, 3.8) is 0 Å². The zero-order chi connectivity index (χ0) is 21.3. The van der Waals surface area contributed by atoms with E-state index in [1.165, 1.54) is 28.5 Å². The van der Waals surface area contributed by atoms with E-state index >= 15 is 0 Å². The minimum atomic E-state index is -0.810. The minimum Gasteiger partial charge on any atom is -0.269 e. The fourth-order valence-electron chi connectivity index (χ4n) is 2.89. The predicted octanol–water partition coefficient (Wildman–Crippen LogP) is 4.90. The Bertz CT molecular complexity index is 1200. The highest BCUT2D eigenvalue weighted by Gasteiger charge is 2.36. The molecule has 1 aromatic heterocycles. The van der Waals surface area contributed by atoms with Crippen molar-refractivity contribution < 1.29 is 9.72 Å². The lowest BCUT2D eigenvalue weighted by Gasteiger charge is -2.08. The quantitative estimate of drug-likeness (QED) is 0.332. The third-order valence-corrected chi connectivity index (χ3v) is 5.33. The number of hydrogen-bond donors (Lipinski definition) is 0. The van der Waals surface area contributed by atoms with E-state index < -0.39 is 11.0 Å². The van der Waals surface area contributed by atoms with Gasteiger partial charge in [0, 0.05) is 23.1 Å². The van der Waals surface area contributed by atoms with Gasteiger partial charge < -0.3 is 0 Å². The van der Waals surface area contributed by atoms with E-state index in [9.17, 15) is 14.9 Å². The van der Waals surface area contributed by atoms with Gasteiger partial charge in [-0.25, -0.2) is 4.98 Å². The number of hydrogen-bond acceptors (Lipinski definition) is 8. The Labute approximate surface area is 175 Å². The molecule has 0 bridgehead atoms. The molecule has 0 spiro atoms. The van der Waals surface area contributed by atoms with Gasteiger partial charge in [-0.1, -0.05) is 30.3 Å². The summed E-state index contributed by atoms with van der Waals surface area (Å²) in [6.45, 7) is 3.64. The molecule has 1 amide bonds. The first-order valence-electron chi connectivity index (χ1n) is 9.00. The summed E-state index contributed by atoms with van der Waals surface area (Å²) in [5, 5.41) is 27.0. The van der Waals surface area contributed by atoms with Gasteiger partial charge in [-0.05, 0) is 25.5 Å². The van der Waals surface area contributed by atoms with Crippen LogP contribution in [0.3, 0.4) is 0 Å². The molecule has 3 aromatic rings. The van der Waals surface area contributed by atoms with Crippen LogP contribution in [0.2, 0.25) is 0 Å². The molecule has 1 aliphatic heterocycles. The van der Waals surface area contributed by atoms with Crippen LogP contribution in [0, 0.1) is 17.0 Å². The van der Waals surface area contributed by atoms with Crippen molar-refractivity contribution in [2.75, 3.05) is 5.01 Å². The van der Waals surface area contributed by atoms with E-state index in [1.54, 1.807) is 24.4 Å². The van der Waals surface area contributed by atoms with Crippen LogP contribution in [-0.4, -0.2) is 27.6 Å². The van der Waals surface area contributed by atoms with Crippen molar-refractivity contribution in [2.24, 2.45) is 15.3 Å². The fraction of sp³-hybridized carbons (Fsp3) is 0.150. The number of nitro groups is 1. The zero-order valence-corrected chi connectivity index (χ0v) is 16.9. The van der Waals surface area contributed by atoms with Gasteiger partial charge in [0.2, 0.25) is 5.13 Å². The third kappa shape index (κ3) is 3.72. The number of azo groups is 1. The molecule has 1 unspecified atom stereocenters. The number of aryl methyl sites for hydroxylation is 1. The second-order valence-corrected chi connectivity index (χ2v) is 7.46. The normalized spacial score (nSPS) is 16.3. The highest BCUT2D eigenvalue weighted by Crippen LogP contribution is 2.32. The van der Waals surface area contributed by atoms with Gasteiger partial charge in [0.05, 0.1) is 22.0 Å². The largest absolute Gasteiger partial charge is 0.282 e. The first kappa shape index (κ1) is 19.5. The van der Waals surface area contributed by atoms with Crippen LogP contribution in [0.4, 0.5) is 16.5 Å². The van der Waals surface area contributed by atoms with E-state index in [0.29, 0.717) is 27.8 Å². The molecule has 30 heavy (non-hydrogen) atoms. The maximum absolute atomic E-state index is 12.8. The summed E-state index contributed by atoms with van der Waals surface area (Å²) in [6.07, 6.45) is 0. The van der Waals surface area contributed by atoms with Gasteiger partial charge in [-0.3, -0.25) is 14.9 Å². The van der Waals surface area contributed by atoms with Crippen molar-refractivity contribution in [2.45, 2.75) is 19.9 Å². The molecule has 1 atom stereocenters. The summed E-state index contributed by atoms with van der Waals surface area (Å²) in [7, 11) is 0. The Morgan fingerprint density at radius 3 is 2.73 bits per heavy atom. The van der Waals surface area contributed by atoms with Crippen molar-refractivity contribution in [3.8, 4) is 11.3 Å². The van der Waals surface area contributed by atoms with Gasteiger partial charge in [0.1, 0.15) is 0 Å². The molecule has 0 N–H and O–H groups in total. The Morgan fingerprint density at radius 2 is 1.97 bits per heavy atom. The Kier molecular flexibility index (Phi) is 5.15. The number of carbonyl (C=O) groups excluding carboxylic acids is 1. The van der Waals surface area contributed by atoms with Gasteiger partial charge in [0.15, 0.2) is 6.04 Å². The SMILES string of the molecule is CC1=NN(c2nc(-c3cccc([N+](=O)[O-])c3)cs2)C(=O)C1N=Nc1ccccc1C. The number of amides is 1. The van der Waals surface area contributed by atoms with E-state index in [0.717, 1.165) is 5.56 Å².